The van der Waals surface area contributed by atoms with E-state index in [0.29, 0.717) is 15.7 Å². The highest BCUT2D eigenvalue weighted by molar-refractivity contribution is 6.39. The number of hydrogen-bond acceptors (Lipinski definition) is 1. The average Bonchev–Trinajstić information content (AvgIpc) is 2.43. The normalized spacial score (nSPS) is 10.4. The van der Waals surface area contributed by atoms with Crippen LogP contribution in [0.2, 0.25) is 10.0 Å². The van der Waals surface area contributed by atoms with Gasteiger partial charge in [0.2, 0.25) is 0 Å². The molecule has 1 aromatic rings. The van der Waals surface area contributed by atoms with E-state index < -0.39 is 0 Å². The van der Waals surface area contributed by atoms with Gasteiger partial charge in [0, 0.05) is 13.1 Å². The van der Waals surface area contributed by atoms with Crippen LogP contribution in [0.3, 0.4) is 0 Å². The lowest BCUT2D eigenvalue weighted by molar-refractivity contribution is 0.210. The number of hydrogen-bond donors (Lipinski definition) is 1. The number of unbranched alkanes of at least 4 members (excludes halogenated alkanes) is 2. The number of rotatable bonds is 7. The standard InChI is InChI=1S/C15H22Cl2N2O/c1-3-5-10-19(11-6-4-2)15(20)18-14-12(16)8-7-9-13(14)17/h7-9H,3-6,10-11H2,1-2H3,(H,18,20). The number of halogens is 2. The quantitative estimate of drug-likeness (QED) is 0.715. The van der Waals surface area contributed by atoms with E-state index >= 15 is 0 Å². The molecule has 0 bridgehead atoms. The predicted molar refractivity (Wildman–Crippen MR) is 86.9 cm³/mol. The molecule has 112 valence electrons. The molecule has 0 radical (unpaired) electrons. The molecule has 5 heteroatoms. The Kier molecular flexibility index (Phi) is 7.78. The second-order valence-electron chi connectivity index (χ2n) is 4.72. The number of benzene rings is 1. The van der Waals surface area contributed by atoms with Crippen LogP contribution in [0.4, 0.5) is 10.5 Å². The molecule has 1 aromatic carbocycles. The lowest BCUT2D eigenvalue weighted by atomic mass is 10.2. The van der Waals surface area contributed by atoms with Gasteiger partial charge in [-0.15, -0.1) is 0 Å². The summed E-state index contributed by atoms with van der Waals surface area (Å²) in [6.45, 7) is 5.73. The minimum Gasteiger partial charge on any atom is -0.325 e. The number of carbonyl (C=O) groups excluding carboxylic acids is 1. The Morgan fingerprint density at radius 1 is 1.10 bits per heavy atom. The van der Waals surface area contributed by atoms with E-state index in [-0.39, 0.29) is 6.03 Å². The summed E-state index contributed by atoms with van der Waals surface area (Å²) in [5.41, 5.74) is 0.485. The second-order valence-corrected chi connectivity index (χ2v) is 5.54. The van der Waals surface area contributed by atoms with Gasteiger partial charge in [0.1, 0.15) is 0 Å². The molecule has 0 fully saturated rings. The van der Waals surface area contributed by atoms with Crippen molar-refractivity contribution in [1.82, 2.24) is 4.90 Å². The van der Waals surface area contributed by atoms with Gasteiger partial charge in [-0.3, -0.25) is 0 Å². The van der Waals surface area contributed by atoms with Gasteiger partial charge in [0.25, 0.3) is 0 Å². The van der Waals surface area contributed by atoms with Crippen LogP contribution in [0.15, 0.2) is 18.2 Å². The van der Waals surface area contributed by atoms with Crippen LogP contribution in [0.1, 0.15) is 39.5 Å². The van der Waals surface area contributed by atoms with Crippen molar-refractivity contribution in [2.45, 2.75) is 39.5 Å². The van der Waals surface area contributed by atoms with Crippen molar-refractivity contribution < 1.29 is 4.79 Å². The number of para-hydroxylation sites is 1. The van der Waals surface area contributed by atoms with Crippen LogP contribution in [-0.2, 0) is 0 Å². The molecule has 20 heavy (non-hydrogen) atoms. The van der Waals surface area contributed by atoms with Crippen molar-refractivity contribution in [3.8, 4) is 0 Å². The maximum atomic E-state index is 12.3. The summed E-state index contributed by atoms with van der Waals surface area (Å²) in [6.07, 6.45) is 4.10. The number of carbonyl (C=O) groups is 1. The smallest absolute Gasteiger partial charge is 0.321 e. The first-order valence-corrected chi connectivity index (χ1v) is 7.85. The molecule has 0 heterocycles. The van der Waals surface area contributed by atoms with Crippen molar-refractivity contribution in [2.75, 3.05) is 18.4 Å². The Morgan fingerprint density at radius 3 is 2.05 bits per heavy atom. The Morgan fingerprint density at radius 2 is 1.60 bits per heavy atom. The Hall–Kier alpha value is -0.930. The van der Waals surface area contributed by atoms with Gasteiger partial charge in [-0.25, -0.2) is 4.79 Å². The number of urea groups is 1. The highest BCUT2D eigenvalue weighted by atomic mass is 35.5. The van der Waals surface area contributed by atoms with Gasteiger partial charge in [0.15, 0.2) is 0 Å². The van der Waals surface area contributed by atoms with Crippen LogP contribution >= 0.6 is 23.2 Å². The Bertz CT molecular complexity index is 410. The largest absolute Gasteiger partial charge is 0.325 e. The first kappa shape index (κ1) is 17.1. The highest BCUT2D eigenvalue weighted by Gasteiger charge is 2.15. The molecule has 0 aliphatic rings. The molecule has 0 aliphatic carbocycles. The van der Waals surface area contributed by atoms with E-state index in [2.05, 4.69) is 19.2 Å². The molecule has 3 nitrogen and oxygen atoms in total. The maximum Gasteiger partial charge on any atom is 0.321 e. The predicted octanol–water partition coefficient (Wildman–Crippen LogP) is 5.43. The topological polar surface area (TPSA) is 32.3 Å². The van der Waals surface area contributed by atoms with Gasteiger partial charge in [-0.1, -0.05) is 56.0 Å². The fourth-order valence-electron chi connectivity index (χ4n) is 1.82. The van der Waals surface area contributed by atoms with E-state index in [9.17, 15) is 4.79 Å². The SMILES string of the molecule is CCCCN(CCCC)C(=O)Nc1c(Cl)cccc1Cl. The summed E-state index contributed by atoms with van der Waals surface area (Å²) >= 11 is 12.1. The van der Waals surface area contributed by atoms with Crippen LogP contribution < -0.4 is 5.32 Å². The van der Waals surface area contributed by atoms with Crippen molar-refractivity contribution in [3.63, 3.8) is 0 Å². The third kappa shape index (κ3) is 5.22. The van der Waals surface area contributed by atoms with Gasteiger partial charge in [0.05, 0.1) is 15.7 Å². The summed E-state index contributed by atoms with van der Waals surface area (Å²) in [5.74, 6) is 0. The molecule has 0 saturated carbocycles. The first-order chi connectivity index (χ1) is 9.60. The summed E-state index contributed by atoms with van der Waals surface area (Å²) < 4.78 is 0. The number of anilines is 1. The zero-order valence-corrected chi connectivity index (χ0v) is 13.6. The highest BCUT2D eigenvalue weighted by Crippen LogP contribution is 2.30. The molecule has 0 spiro atoms. The second kappa shape index (κ2) is 9.09. The molecular weight excluding hydrogens is 295 g/mol. The molecule has 0 aliphatic heterocycles. The lowest BCUT2D eigenvalue weighted by Gasteiger charge is -2.23. The molecule has 1 N–H and O–H groups in total. The minimum absolute atomic E-state index is 0.137. The number of amides is 2. The zero-order valence-electron chi connectivity index (χ0n) is 12.1. The molecule has 0 unspecified atom stereocenters. The van der Waals surface area contributed by atoms with Crippen molar-refractivity contribution in [1.29, 1.82) is 0 Å². The third-order valence-corrected chi connectivity index (χ3v) is 3.68. The van der Waals surface area contributed by atoms with E-state index in [1.54, 1.807) is 18.2 Å². The number of nitrogens with zero attached hydrogens (tertiary/aromatic N) is 1. The van der Waals surface area contributed by atoms with Crippen molar-refractivity contribution >= 4 is 34.9 Å². The van der Waals surface area contributed by atoms with Gasteiger partial charge in [-0.05, 0) is 25.0 Å². The number of nitrogens with one attached hydrogen (secondary N) is 1. The lowest BCUT2D eigenvalue weighted by Crippen LogP contribution is -2.36. The first-order valence-electron chi connectivity index (χ1n) is 7.10. The minimum atomic E-state index is -0.137. The summed E-state index contributed by atoms with van der Waals surface area (Å²) in [6, 6.07) is 5.05. The third-order valence-electron chi connectivity index (χ3n) is 3.05. The molecular formula is C15H22Cl2N2O. The van der Waals surface area contributed by atoms with E-state index in [1.165, 1.54) is 0 Å². The van der Waals surface area contributed by atoms with Crippen LogP contribution in [-0.4, -0.2) is 24.0 Å². The van der Waals surface area contributed by atoms with Crippen LogP contribution in [0.25, 0.3) is 0 Å². The van der Waals surface area contributed by atoms with Gasteiger partial charge < -0.3 is 10.2 Å². The van der Waals surface area contributed by atoms with E-state index in [1.807, 2.05) is 4.90 Å². The van der Waals surface area contributed by atoms with E-state index in [0.717, 1.165) is 38.8 Å². The molecule has 0 atom stereocenters. The van der Waals surface area contributed by atoms with Crippen molar-refractivity contribution in [3.05, 3.63) is 28.2 Å². The van der Waals surface area contributed by atoms with Crippen LogP contribution in [0, 0.1) is 0 Å². The average molecular weight is 317 g/mol. The zero-order chi connectivity index (χ0) is 15.0. The van der Waals surface area contributed by atoms with Crippen LogP contribution in [0.5, 0.6) is 0 Å². The monoisotopic (exact) mass is 316 g/mol. The summed E-state index contributed by atoms with van der Waals surface area (Å²) in [7, 11) is 0. The maximum absolute atomic E-state index is 12.3. The Labute approximate surface area is 131 Å². The Balaban J connectivity index is 2.73. The summed E-state index contributed by atoms with van der Waals surface area (Å²) in [5, 5.41) is 3.73. The van der Waals surface area contributed by atoms with Gasteiger partial charge >= 0.3 is 6.03 Å². The fraction of sp³-hybridized carbons (Fsp3) is 0.533. The van der Waals surface area contributed by atoms with Crippen molar-refractivity contribution in [2.24, 2.45) is 0 Å². The molecule has 0 saturated heterocycles. The summed E-state index contributed by atoms with van der Waals surface area (Å²) in [4.78, 5) is 14.2. The fourth-order valence-corrected chi connectivity index (χ4v) is 2.31. The molecule has 1 rings (SSSR count). The van der Waals surface area contributed by atoms with E-state index in [4.69, 9.17) is 23.2 Å². The van der Waals surface area contributed by atoms with Gasteiger partial charge in [-0.2, -0.15) is 0 Å². The molecule has 2 amide bonds. The molecule has 0 aromatic heterocycles.